The van der Waals surface area contributed by atoms with Crippen LogP contribution in [0, 0.1) is 34.8 Å². The van der Waals surface area contributed by atoms with Crippen LogP contribution < -0.4 is 0 Å². The first-order valence-corrected chi connectivity index (χ1v) is 9.85. The SMILES string of the molecule is C1#CC([SiH](C#Cc2ccccc2)C#Cc2ccccc2)CCC1. The van der Waals surface area contributed by atoms with Crippen molar-refractivity contribution < 1.29 is 0 Å². The van der Waals surface area contributed by atoms with Crippen molar-refractivity contribution >= 4 is 8.80 Å². The van der Waals surface area contributed by atoms with Gasteiger partial charge in [-0.25, -0.2) is 0 Å². The summed E-state index contributed by atoms with van der Waals surface area (Å²) in [5, 5.41) is 0. The Bertz CT molecular complexity index is 760. The third-order valence-corrected chi connectivity index (χ3v) is 6.01. The maximum Gasteiger partial charge on any atom is 0.217 e. The van der Waals surface area contributed by atoms with Crippen molar-refractivity contribution in [1.82, 2.24) is 0 Å². The van der Waals surface area contributed by atoms with Gasteiger partial charge in [0.15, 0.2) is 0 Å². The van der Waals surface area contributed by atoms with E-state index >= 15 is 0 Å². The maximum absolute atomic E-state index is 3.49. The molecule has 1 heteroatoms. The highest BCUT2D eigenvalue weighted by Crippen LogP contribution is 2.20. The molecule has 1 atom stereocenters. The minimum atomic E-state index is -1.55. The molecule has 0 saturated heterocycles. The van der Waals surface area contributed by atoms with Gasteiger partial charge in [0, 0.05) is 23.1 Å². The number of hydrogen-bond acceptors (Lipinski definition) is 0. The Morgan fingerprint density at radius 1 is 0.826 bits per heavy atom. The van der Waals surface area contributed by atoms with Crippen LogP contribution >= 0.6 is 0 Å². The predicted octanol–water partition coefficient (Wildman–Crippen LogP) is 3.95. The Kier molecular flexibility index (Phi) is 5.37. The van der Waals surface area contributed by atoms with Crippen LogP contribution in [0.4, 0.5) is 0 Å². The molecule has 1 aliphatic rings. The lowest BCUT2D eigenvalue weighted by atomic mass is 10.1. The van der Waals surface area contributed by atoms with Gasteiger partial charge in [0.2, 0.25) is 8.80 Å². The standard InChI is InChI=1S/C22H18Si/c1-4-10-20(11-5-1)16-18-23(22-14-8-3-9-15-22)19-17-21-12-6-2-7-13-21/h1-2,4-7,10-13,22-23H,3,8,14H2. The molecule has 0 amide bonds. The molecule has 2 aromatic rings. The van der Waals surface area contributed by atoms with Crippen molar-refractivity contribution in [2.45, 2.75) is 24.8 Å². The van der Waals surface area contributed by atoms with Gasteiger partial charge in [-0.2, -0.15) is 0 Å². The highest BCUT2D eigenvalue weighted by atomic mass is 28.3. The molecule has 0 heterocycles. The van der Waals surface area contributed by atoms with Crippen molar-refractivity contribution in [2.75, 3.05) is 0 Å². The predicted molar refractivity (Wildman–Crippen MR) is 99.2 cm³/mol. The molecule has 0 spiro atoms. The third kappa shape index (κ3) is 4.65. The van der Waals surface area contributed by atoms with Crippen molar-refractivity contribution in [3.63, 3.8) is 0 Å². The van der Waals surface area contributed by atoms with Gasteiger partial charge in [-0.1, -0.05) is 48.2 Å². The quantitative estimate of drug-likeness (QED) is 0.552. The summed E-state index contributed by atoms with van der Waals surface area (Å²) >= 11 is 0. The van der Waals surface area contributed by atoms with E-state index in [9.17, 15) is 0 Å². The van der Waals surface area contributed by atoms with Crippen LogP contribution in [-0.2, 0) is 0 Å². The lowest BCUT2D eigenvalue weighted by molar-refractivity contribution is 0.756. The van der Waals surface area contributed by atoms with E-state index < -0.39 is 8.80 Å². The van der Waals surface area contributed by atoms with Gasteiger partial charge in [0.25, 0.3) is 0 Å². The fraction of sp³-hybridized carbons (Fsp3) is 0.182. The molecule has 0 N–H and O–H groups in total. The second-order valence-corrected chi connectivity index (χ2v) is 7.91. The summed E-state index contributed by atoms with van der Waals surface area (Å²) in [4.78, 5) is 0. The molecular formula is C22H18Si. The normalized spacial score (nSPS) is 15.4. The van der Waals surface area contributed by atoms with Crippen LogP contribution in [0.25, 0.3) is 0 Å². The highest BCUT2D eigenvalue weighted by molar-refractivity contribution is 6.77. The van der Waals surface area contributed by atoms with Gasteiger partial charge in [-0.3, -0.25) is 0 Å². The topological polar surface area (TPSA) is 0 Å². The molecule has 0 nitrogen and oxygen atoms in total. The first-order chi connectivity index (χ1) is 11.4. The van der Waals surface area contributed by atoms with E-state index in [2.05, 4.69) is 59.0 Å². The highest BCUT2D eigenvalue weighted by Gasteiger charge is 2.19. The minimum absolute atomic E-state index is 0.399. The smallest absolute Gasteiger partial charge is 0.113 e. The zero-order valence-corrected chi connectivity index (χ0v) is 14.2. The van der Waals surface area contributed by atoms with E-state index in [0.29, 0.717) is 5.54 Å². The van der Waals surface area contributed by atoms with Crippen LogP contribution in [-0.4, -0.2) is 8.80 Å². The van der Waals surface area contributed by atoms with Gasteiger partial charge >= 0.3 is 0 Å². The van der Waals surface area contributed by atoms with Gasteiger partial charge in [-0.15, -0.1) is 22.9 Å². The fourth-order valence-corrected chi connectivity index (χ4v) is 4.51. The largest absolute Gasteiger partial charge is 0.217 e. The zero-order chi connectivity index (χ0) is 15.7. The molecule has 0 saturated carbocycles. The summed E-state index contributed by atoms with van der Waals surface area (Å²) in [6, 6.07) is 20.3. The van der Waals surface area contributed by atoms with Gasteiger partial charge in [-0.05, 0) is 37.1 Å². The average Bonchev–Trinajstić information content (AvgIpc) is 2.64. The summed E-state index contributed by atoms with van der Waals surface area (Å²) in [7, 11) is -1.55. The lowest BCUT2D eigenvalue weighted by Gasteiger charge is -2.13. The van der Waals surface area contributed by atoms with Gasteiger partial charge < -0.3 is 0 Å². The van der Waals surface area contributed by atoms with E-state index in [4.69, 9.17) is 0 Å². The van der Waals surface area contributed by atoms with Gasteiger partial charge in [0.1, 0.15) is 0 Å². The molecule has 0 aromatic heterocycles. The second kappa shape index (κ2) is 8.10. The second-order valence-electron chi connectivity index (χ2n) is 5.57. The van der Waals surface area contributed by atoms with Crippen LogP contribution in [0.1, 0.15) is 30.4 Å². The van der Waals surface area contributed by atoms with E-state index in [1.54, 1.807) is 0 Å². The van der Waals surface area contributed by atoms with Crippen molar-refractivity contribution in [1.29, 1.82) is 0 Å². The molecule has 0 fully saturated rings. The first-order valence-electron chi connectivity index (χ1n) is 8.03. The number of rotatable bonds is 1. The summed E-state index contributed by atoms with van der Waals surface area (Å²) in [6.45, 7) is 0. The summed E-state index contributed by atoms with van der Waals surface area (Å²) in [5.74, 6) is 13.3. The number of hydrogen-bond donors (Lipinski definition) is 0. The molecule has 2 aromatic carbocycles. The van der Waals surface area contributed by atoms with Gasteiger partial charge in [0.05, 0.1) is 0 Å². The van der Waals surface area contributed by atoms with Crippen LogP contribution in [0.3, 0.4) is 0 Å². The van der Waals surface area contributed by atoms with Crippen LogP contribution in [0.5, 0.6) is 0 Å². The fourth-order valence-electron chi connectivity index (χ4n) is 2.54. The summed E-state index contributed by atoms with van der Waals surface area (Å²) in [5.41, 5.74) is 9.51. The van der Waals surface area contributed by atoms with E-state index in [1.165, 1.54) is 6.42 Å². The Balaban J connectivity index is 1.86. The van der Waals surface area contributed by atoms with Crippen LogP contribution in [0.15, 0.2) is 60.7 Å². The Hall–Kier alpha value is -2.66. The van der Waals surface area contributed by atoms with Crippen molar-refractivity contribution in [3.8, 4) is 34.8 Å². The average molecular weight is 310 g/mol. The third-order valence-electron chi connectivity index (χ3n) is 3.80. The van der Waals surface area contributed by atoms with Crippen molar-refractivity contribution in [2.24, 2.45) is 0 Å². The monoisotopic (exact) mass is 310 g/mol. The van der Waals surface area contributed by atoms with E-state index in [0.717, 1.165) is 24.0 Å². The minimum Gasteiger partial charge on any atom is -0.113 e. The Labute approximate surface area is 140 Å². The Morgan fingerprint density at radius 2 is 1.39 bits per heavy atom. The van der Waals surface area contributed by atoms with E-state index in [1.807, 2.05) is 36.4 Å². The molecule has 0 aliphatic heterocycles. The molecule has 1 aliphatic carbocycles. The maximum atomic E-state index is 3.49. The molecular weight excluding hydrogens is 292 g/mol. The lowest BCUT2D eigenvalue weighted by Crippen LogP contribution is -2.18. The molecule has 0 bridgehead atoms. The van der Waals surface area contributed by atoms with Crippen molar-refractivity contribution in [3.05, 3.63) is 71.8 Å². The summed E-state index contributed by atoms with van der Waals surface area (Å²) in [6.07, 6.45) is 3.36. The van der Waals surface area contributed by atoms with Crippen LogP contribution in [0.2, 0.25) is 5.54 Å². The Morgan fingerprint density at radius 3 is 1.87 bits per heavy atom. The van der Waals surface area contributed by atoms with E-state index in [-0.39, 0.29) is 0 Å². The molecule has 110 valence electrons. The summed E-state index contributed by atoms with van der Waals surface area (Å²) < 4.78 is 0. The zero-order valence-electron chi connectivity index (χ0n) is 13.0. The molecule has 3 rings (SSSR count). The molecule has 1 unspecified atom stereocenters. The molecule has 0 radical (unpaired) electrons. The molecule has 23 heavy (non-hydrogen) atoms. The first kappa shape index (κ1) is 15.2. The number of benzene rings is 2.